The number of carbonyl (C=O) groups excluding carboxylic acids is 2. The summed E-state index contributed by atoms with van der Waals surface area (Å²) in [4.78, 5) is 28.2. The van der Waals surface area contributed by atoms with Crippen LogP contribution in [0.4, 0.5) is 8.78 Å². The molecule has 0 fully saturated rings. The zero-order valence-corrected chi connectivity index (χ0v) is 16.0. The number of halogens is 3. The van der Waals surface area contributed by atoms with Crippen LogP contribution in [0.1, 0.15) is 21.6 Å². The molecule has 0 aliphatic carbocycles. The van der Waals surface area contributed by atoms with Crippen LogP contribution in [0.15, 0.2) is 30.5 Å². The Balaban J connectivity index is 2.06. The molecule has 0 saturated heterocycles. The van der Waals surface area contributed by atoms with E-state index < -0.39 is 23.4 Å². The standard InChI is InChI=1S/C18H13F2IN2O3/c1-9-14(16(24)18(25)26-2)15(21)11-5-6-23(17(11)22-9)8-10-3-4-12(19)13(20)7-10/h3-7H,8H2,1-2H3. The minimum absolute atomic E-state index is 0.204. The van der Waals surface area contributed by atoms with E-state index in [4.69, 9.17) is 0 Å². The monoisotopic (exact) mass is 470 g/mol. The van der Waals surface area contributed by atoms with E-state index in [1.165, 1.54) is 6.07 Å². The number of hydrogen-bond donors (Lipinski definition) is 0. The number of nitrogens with zero attached hydrogens (tertiary/aromatic N) is 2. The van der Waals surface area contributed by atoms with Crippen LogP contribution in [0.2, 0.25) is 0 Å². The first kappa shape index (κ1) is 18.4. The van der Waals surface area contributed by atoms with Crippen molar-refractivity contribution in [1.82, 2.24) is 9.55 Å². The second kappa shape index (κ2) is 7.10. The Morgan fingerprint density at radius 3 is 2.62 bits per heavy atom. The number of pyridine rings is 1. The van der Waals surface area contributed by atoms with Gasteiger partial charge in [0, 0.05) is 21.7 Å². The molecule has 0 saturated carbocycles. The average molecular weight is 470 g/mol. The van der Waals surface area contributed by atoms with E-state index in [0.29, 0.717) is 25.9 Å². The molecule has 0 atom stereocenters. The molecule has 5 nitrogen and oxygen atoms in total. The van der Waals surface area contributed by atoms with Gasteiger partial charge in [-0.05, 0) is 53.3 Å². The van der Waals surface area contributed by atoms with Gasteiger partial charge in [0.15, 0.2) is 11.6 Å². The van der Waals surface area contributed by atoms with Crippen LogP contribution in [0.3, 0.4) is 0 Å². The third-order valence-electron chi connectivity index (χ3n) is 3.96. The molecule has 0 N–H and O–H groups in total. The first-order valence-corrected chi connectivity index (χ1v) is 8.63. The molecule has 0 amide bonds. The number of fused-ring (bicyclic) bond motifs is 1. The predicted octanol–water partition coefficient (Wildman–Crippen LogP) is 3.63. The molecule has 3 aromatic rings. The fourth-order valence-electron chi connectivity index (χ4n) is 2.69. The molecule has 3 rings (SSSR count). The van der Waals surface area contributed by atoms with Gasteiger partial charge >= 0.3 is 5.97 Å². The van der Waals surface area contributed by atoms with Crippen molar-refractivity contribution in [2.75, 3.05) is 7.11 Å². The molecule has 2 aromatic heterocycles. The SMILES string of the molecule is COC(=O)C(=O)c1c(C)nc2c(ccn2Cc2ccc(F)c(F)c2)c1I. The summed E-state index contributed by atoms with van der Waals surface area (Å²) in [5.74, 6) is -3.52. The quantitative estimate of drug-likeness (QED) is 0.253. The second-order valence-corrected chi connectivity index (χ2v) is 6.72. The zero-order chi connectivity index (χ0) is 19.0. The van der Waals surface area contributed by atoms with Gasteiger partial charge in [-0.1, -0.05) is 6.07 Å². The van der Waals surface area contributed by atoms with Gasteiger partial charge in [-0.15, -0.1) is 0 Å². The normalized spacial score (nSPS) is 11.0. The van der Waals surface area contributed by atoms with E-state index in [1.807, 2.05) is 22.6 Å². The first-order valence-electron chi connectivity index (χ1n) is 7.55. The lowest BCUT2D eigenvalue weighted by Gasteiger charge is -2.10. The third-order valence-corrected chi connectivity index (χ3v) is 5.08. The summed E-state index contributed by atoms with van der Waals surface area (Å²) in [6.45, 7) is 1.92. The highest BCUT2D eigenvalue weighted by molar-refractivity contribution is 14.1. The molecule has 0 aliphatic rings. The van der Waals surface area contributed by atoms with E-state index in [-0.39, 0.29) is 12.1 Å². The van der Waals surface area contributed by atoms with Gasteiger partial charge in [-0.2, -0.15) is 0 Å². The molecule has 0 bridgehead atoms. The third kappa shape index (κ3) is 3.20. The highest BCUT2D eigenvalue weighted by Gasteiger charge is 2.25. The molecular weight excluding hydrogens is 457 g/mol. The maximum Gasteiger partial charge on any atom is 0.379 e. The van der Waals surface area contributed by atoms with Crippen molar-refractivity contribution in [2.24, 2.45) is 0 Å². The van der Waals surface area contributed by atoms with E-state index >= 15 is 0 Å². The van der Waals surface area contributed by atoms with Crippen molar-refractivity contribution in [2.45, 2.75) is 13.5 Å². The number of esters is 1. The maximum absolute atomic E-state index is 13.4. The van der Waals surface area contributed by atoms with Crippen molar-refractivity contribution in [3.05, 3.63) is 62.5 Å². The minimum Gasteiger partial charge on any atom is -0.463 e. The molecule has 0 unspecified atom stereocenters. The Morgan fingerprint density at radius 2 is 1.96 bits per heavy atom. The number of ether oxygens (including phenoxy) is 1. The Labute approximate surface area is 161 Å². The Hall–Kier alpha value is -2.36. The molecule has 26 heavy (non-hydrogen) atoms. The Kier molecular flexibility index (Phi) is 5.03. The lowest BCUT2D eigenvalue weighted by Crippen LogP contribution is -2.19. The van der Waals surface area contributed by atoms with Gasteiger partial charge in [0.25, 0.3) is 5.78 Å². The average Bonchev–Trinajstić information content (AvgIpc) is 3.00. The first-order chi connectivity index (χ1) is 12.3. The fourth-order valence-corrected chi connectivity index (χ4v) is 3.75. The van der Waals surface area contributed by atoms with Crippen LogP contribution in [-0.2, 0) is 16.1 Å². The van der Waals surface area contributed by atoms with Gasteiger partial charge in [-0.25, -0.2) is 18.6 Å². The van der Waals surface area contributed by atoms with Crippen LogP contribution in [-0.4, -0.2) is 28.4 Å². The molecule has 0 aliphatic heterocycles. The van der Waals surface area contributed by atoms with Crippen LogP contribution >= 0.6 is 22.6 Å². The fraction of sp³-hybridized carbons (Fsp3) is 0.167. The summed E-state index contributed by atoms with van der Waals surface area (Å²) in [7, 11) is 1.15. The van der Waals surface area contributed by atoms with E-state index in [0.717, 1.165) is 19.2 Å². The number of benzene rings is 1. The van der Waals surface area contributed by atoms with Crippen LogP contribution in [0, 0.1) is 22.1 Å². The molecule has 1 aromatic carbocycles. The molecular formula is C18H13F2IN2O3. The lowest BCUT2D eigenvalue weighted by atomic mass is 10.1. The van der Waals surface area contributed by atoms with Crippen molar-refractivity contribution in [3.8, 4) is 0 Å². The number of methoxy groups -OCH3 is 1. The van der Waals surface area contributed by atoms with Gasteiger partial charge in [0.1, 0.15) is 5.65 Å². The van der Waals surface area contributed by atoms with E-state index in [2.05, 4.69) is 9.72 Å². The van der Waals surface area contributed by atoms with Crippen molar-refractivity contribution in [3.63, 3.8) is 0 Å². The van der Waals surface area contributed by atoms with Gasteiger partial charge < -0.3 is 9.30 Å². The summed E-state index contributed by atoms with van der Waals surface area (Å²) in [5, 5.41) is 0.686. The van der Waals surface area contributed by atoms with Gasteiger partial charge in [-0.3, -0.25) is 4.79 Å². The highest BCUT2D eigenvalue weighted by Crippen LogP contribution is 2.27. The topological polar surface area (TPSA) is 61.2 Å². The number of aryl methyl sites for hydroxylation is 1. The number of hydrogen-bond acceptors (Lipinski definition) is 4. The largest absolute Gasteiger partial charge is 0.463 e. The molecule has 0 radical (unpaired) electrons. The maximum atomic E-state index is 13.4. The minimum atomic E-state index is -0.951. The summed E-state index contributed by atoms with van der Waals surface area (Å²) in [5.41, 5.74) is 1.75. The van der Waals surface area contributed by atoms with Crippen LogP contribution in [0.5, 0.6) is 0 Å². The smallest absolute Gasteiger partial charge is 0.379 e. The van der Waals surface area contributed by atoms with E-state index in [9.17, 15) is 18.4 Å². The number of rotatable bonds is 4. The van der Waals surface area contributed by atoms with Gasteiger partial charge in [0.2, 0.25) is 0 Å². The molecule has 8 heteroatoms. The number of aromatic nitrogens is 2. The number of carbonyl (C=O) groups is 2. The van der Waals surface area contributed by atoms with Gasteiger partial charge in [0.05, 0.1) is 18.4 Å². The second-order valence-electron chi connectivity index (χ2n) is 5.64. The van der Waals surface area contributed by atoms with Crippen molar-refractivity contribution >= 4 is 45.4 Å². The Bertz CT molecular complexity index is 1050. The molecule has 0 spiro atoms. The van der Waals surface area contributed by atoms with Crippen LogP contribution < -0.4 is 0 Å². The predicted molar refractivity (Wildman–Crippen MR) is 99.0 cm³/mol. The lowest BCUT2D eigenvalue weighted by molar-refractivity contribution is -0.135. The van der Waals surface area contributed by atoms with Crippen LogP contribution in [0.25, 0.3) is 11.0 Å². The van der Waals surface area contributed by atoms with E-state index in [1.54, 1.807) is 23.8 Å². The highest BCUT2D eigenvalue weighted by atomic mass is 127. The summed E-state index contributed by atoms with van der Waals surface area (Å²) < 4.78 is 33.4. The molecule has 2 heterocycles. The Morgan fingerprint density at radius 1 is 1.23 bits per heavy atom. The summed E-state index contributed by atoms with van der Waals surface area (Å²) >= 11 is 1.99. The molecule has 134 valence electrons. The van der Waals surface area contributed by atoms with Crippen molar-refractivity contribution in [1.29, 1.82) is 0 Å². The number of Topliss-reactive ketones (excluding diaryl/α,β-unsaturated/α-hetero) is 1. The van der Waals surface area contributed by atoms with Crippen molar-refractivity contribution < 1.29 is 23.1 Å². The zero-order valence-electron chi connectivity index (χ0n) is 13.8. The summed E-state index contributed by atoms with van der Waals surface area (Å²) in [6, 6.07) is 5.47. The number of ketones is 1. The summed E-state index contributed by atoms with van der Waals surface area (Å²) in [6.07, 6.45) is 1.74.